The molecule has 18 heavy (non-hydrogen) atoms. The average molecular weight is 247 g/mol. The van der Waals surface area contributed by atoms with Crippen LogP contribution < -0.4 is 10.1 Å². The van der Waals surface area contributed by atoms with E-state index in [1.54, 1.807) is 18.2 Å². The monoisotopic (exact) mass is 247 g/mol. The number of terminal acetylenes is 1. The Kier molecular flexibility index (Phi) is 4.75. The summed E-state index contributed by atoms with van der Waals surface area (Å²) in [5.74, 6) is 1.98. The van der Waals surface area contributed by atoms with Gasteiger partial charge in [-0.25, -0.2) is 4.79 Å². The quantitative estimate of drug-likeness (QED) is 0.594. The van der Waals surface area contributed by atoms with Crippen LogP contribution >= 0.6 is 0 Å². The van der Waals surface area contributed by atoms with Gasteiger partial charge < -0.3 is 9.84 Å². The van der Waals surface area contributed by atoms with Crippen LogP contribution in [0, 0.1) is 12.3 Å². The van der Waals surface area contributed by atoms with Gasteiger partial charge in [-0.15, -0.1) is 6.42 Å². The van der Waals surface area contributed by atoms with Gasteiger partial charge in [0.25, 0.3) is 0 Å². The molecule has 0 saturated carbocycles. The van der Waals surface area contributed by atoms with E-state index in [2.05, 4.69) is 11.2 Å². The van der Waals surface area contributed by atoms with E-state index in [9.17, 15) is 4.79 Å². The van der Waals surface area contributed by atoms with Crippen LogP contribution in [-0.2, 0) is 0 Å². The molecule has 0 fully saturated rings. The number of nitrogens with one attached hydrogen (secondary N) is 1. The van der Waals surface area contributed by atoms with Crippen molar-refractivity contribution < 1.29 is 14.6 Å². The molecule has 0 aliphatic carbocycles. The molecule has 0 unspecified atom stereocenters. The van der Waals surface area contributed by atoms with Crippen LogP contribution in [0.2, 0.25) is 0 Å². The highest BCUT2D eigenvalue weighted by molar-refractivity contribution is 5.90. The number of aromatic carboxylic acids is 1. The minimum Gasteiger partial charge on any atom is -0.491 e. The lowest BCUT2D eigenvalue weighted by atomic mass is 10.1. The zero-order valence-electron chi connectivity index (χ0n) is 10.6. The molecule has 0 radical (unpaired) electrons. The van der Waals surface area contributed by atoms with Gasteiger partial charge in [0.1, 0.15) is 17.9 Å². The summed E-state index contributed by atoms with van der Waals surface area (Å²) in [6.07, 6.45) is 5.33. The molecule has 1 aromatic carbocycles. The Labute approximate surface area is 107 Å². The summed E-state index contributed by atoms with van der Waals surface area (Å²) in [6.45, 7) is 4.68. The molecule has 4 heteroatoms. The fourth-order valence-corrected chi connectivity index (χ4v) is 1.34. The average Bonchev–Trinajstić information content (AvgIpc) is 2.35. The van der Waals surface area contributed by atoms with E-state index in [0.29, 0.717) is 18.9 Å². The Morgan fingerprint density at radius 3 is 2.78 bits per heavy atom. The first kappa shape index (κ1) is 14.1. The molecule has 0 amide bonds. The number of rotatable bonds is 6. The standard InChI is InChI=1S/C14H17NO3/c1-4-14(2,3)15-9-10-18-12-8-6-5-7-11(12)13(16)17/h1,5-8,15H,9-10H2,2-3H3,(H,16,17). The summed E-state index contributed by atoms with van der Waals surface area (Å²) < 4.78 is 5.43. The molecule has 0 spiro atoms. The lowest BCUT2D eigenvalue weighted by Crippen LogP contribution is -2.40. The van der Waals surface area contributed by atoms with Crippen LogP contribution in [0.4, 0.5) is 0 Å². The molecule has 0 atom stereocenters. The van der Waals surface area contributed by atoms with Crippen molar-refractivity contribution in [2.24, 2.45) is 0 Å². The van der Waals surface area contributed by atoms with Gasteiger partial charge >= 0.3 is 5.97 Å². The smallest absolute Gasteiger partial charge is 0.339 e. The second-order valence-electron chi connectivity index (χ2n) is 4.35. The predicted molar refractivity (Wildman–Crippen MR) is 69.8 cm³/mol. The highest BCUT2D eigenvalue weighted by Gasteiger charge is 2.13. The van der Waals surface area contributed by atoms with Gasteiger partial charge in [-0.2, -0.15) is 0 Å². The van der Waals surface area contributed by atoms with Crippen molar-refractivity contribution in [2.75, 3.05) is 13.2 Å². The van der Waals surface area contributed by atoms with Gasteiger partial charge in [0.2, 0.25) is 0 Å². The summed E-state index contributed by atoms with van der Waals surface area (Å²) in [5, 5.41) is 12.1. The van der Waals surface area contributed by atoms with Crippen LogP contribution in [0.3, 0.4) is 0 Å². The normalized spacial score (nSPS) is 10.7. The molecule has 1 aromatic rings. The number of hydrogen-bond donors (Lipinski definition) is 2. The van der Waals surface area contributed by atoms with E-state index in [4.69, 9.17) is 16.3 Å². The number of ether oxygens (including phenoxy) is 1. The van der Waals surface area contributed by atoms with E-state index in [-0.39, 0.29) is 5.56 Å². The van der Waals surface area contributed by atoms with E-state index in [1.807, 2.05) is 13.8 Å². The fourth-order valence-electron chi connectivity index (χ4n) is 1.34. The maximum absolute atomic E-state index is 10.9. The summed E-state index contributed by atoms with van der Waals surface area (Å²) in [5.41, 5.74) is -0.232. The molecular weight excluding hydrogens is 230 g/mol. The van der Waals surface area contributed by atoms with Gasteiger partial charge in [0.15, 0.2) is 0 Å². The van der Waals surface area contributed by atoms with Crippen LogP contribution in [-0.4, -0.2) is 29.8 Å². The zero-order valence-corrected chi connectivity index (χ0v) is 10.6. The minimum absolute atomic E-state index is 0.161. The third-order valence-corrected chi connectivity index (χ3v) is 2.40. The Morgan fingerprint density at radius 1 is 1.50 bits per heavy atom. The van der Waals surface area contributed by atoms with Crippen LogP contribution in [0.5, 0.6) is 5.75 Å². The van der Waals surface area contributed by atoms with Gasteiger partial charge in [0, 0.05) is 6.54 Å². The van der Waals surface area contributed by atoms with Gasteiger partial charge in [0.05, 0.1) is 5.54 Å². The molecule has 0 heterocycles. The summed E-state index contributed by atoms with van der Waals surface area (Å²) in [7, 11) is 0. The van der Waals surface area contributed by atoms with Gasteiger partial charge in [-0.1, -0.05) is 18.1 Å². The summed E-state index contributed by atoms with van der Waals surface area (Å²) in [6, 6.07) is 6.54. The van der Waals surface area contributed by atoms with Crippen molar-refractivity contribution in [2.45, 2.75) is 19.4 Å². The highest BCUT2D eigenvalue weighted by atomic mass is 16.5. The molecule has 1 rings (SSSR count). The molecule has 0 saturated heterocycles. The second kappa shape index (κ2) is 6.08. The van der Waals surface area contributed by atoms with Crippen LogP contribution in [0.15, 0.2) is 24.3 Å². The molecule has 2 N–H and O–H groups in total. The Bertz CT molecular complexity index is 460. The number of benzene rings is 1. The number of hydrogen-bond acceptors (Lipinski definition) is 3. The molecule has 0 aromatic heterocycles. The highest BCUT2D eigenvalue weighted by Crippen LogP contribution is 2.17. The fraction of sp³-hybridized carbons (Fsp3) is 0.357. The van der Waals surface area contributed by atoms with Crippen molar-refractivity contribution in [3.05, 3.63) is 29.8 Å². The van der Waals surface area contributed by atoms with E-state index >= 15 is 0 Å². The molecular formula is C14H17NO3. The van der Waals surface area contributed by atoms with Crippen molar-refractivity contribution in [3.8, 4) is 18.1 Å². The lowest BCUT2D eigenvalue weighted by Gasteiger charge is -2.19. The summed E-state index contributed by atoms with van der Waals surface area (Å²) in [4.78, 5) is 10.9. The third-order valence-electron chi connectivity index (χ3n) is 2.40. The third kappa shape index (κ3) is 4.11. The second-order valence-corrected chi connectivity index (χ2v) is 4.35. The maximum Gasteiger partial charge on any atom is 0.339 e. The maximum atomic E-state index is 10.9. The first-order valence-corrected chi connectivity index (χ1v) is 5.64. The Morgan fingerprint density at radius 2 is 2.17 bits per heavy atom. The molecule has 4 nitrogen and oxygen atoms in total. The van der Waals surface area contributed by atoms with E-state index < -0.39 is 11.5 Å². The van der Waals surface area contributed by atoms with Gasteiger partial charge in [-0.3, -0.25) is 5.32 Å². The van der Waals surface area contributed by atoms with E-state index in [1.165, 1.54) is 6.07 Å². The topological polar surface area (TPSA) is 58.6 Å². The molecule has 0 aliphatic heterocycles. The molecule has 96 valence electrons. The van der Waals surface area contributed by atoms with Crippen molar-refractivity contribution in [3.63, 3.8) is 0 Å². The lowest BCUT2D eigenvalue weighted by molar-refractivity contribution is 0.0692. The minimum atomic E-state index is -0.998. The predicted octanol–water partition coefficient (Wildman–Crippen LogP) is 1.77. The number of carbonyl (C=O) groups is 1. The number of carboxylic acid groups (broad SMARTS) is 1. The van der Waals surface area contributed by atoms with Gasteiger partial charge in [-0.05, 0) is 26.0 Å². The van der Waals surface area contributed by atoms with Crippen molar-refractivity contribution in [1.82, 2.24) is 5.32 Å². The number of carboxylic acids is 1. The van der Waals surface area contributed by atoms with Crippen LogP contribution in [0.1, 0.15) is 24.2 Å². The Balaban J connectivity index is 2.50. The van der Waals surface area contributed by atoms with Crippen LogP contribution in [0.25, 0.3) is 0 Å². The molecule has 0 aliphatic rings. The van der Waals surface area contributed by atoms with Crippen molar-refractivity contribution in [1.29, 1.82) is 0 Å². The first-order valence-electron chi connectivity index (χ1n) is 5.64. The Hall–Kier alpha value is -1.99. The SMILES string of the molecule is C#CC(C)(C)NCCOc1ccccc1C(=O)O. The molecule has 0 bridgehead atoms. The number of para-hydroxylation sites is 1. The van der Waals surface area contributed by atoms with E-state index in [0.717, 1.165) is 0 Å². The first-order chi connectivity index (χ1) is 8.46. The zero-order chi connectivity index (χ0) is 13.6. The largest absolute Gasteiger partial charge is 0.491 e. The summed E-state index contributed by atoms with van der Waals surface area (Å²) >= 11 is 0. The van der Waals surface area contributed by atoms with Crippen molar-refractivity contribution >= 4 is 5.97 Å².